The van der Waals surface area contributed by atoms with Crippen LogP contribution in [0.1, 0.15) is 0 Å². The van der Waals surface area contributed by atoms with Crippen LogP contribution in [0.15, 0.2) is 48.5 Å². The van der Waals surface area contributed by atoms with Crippen molar-refractivity contribution in [1.29, 1.82) is 0 Å². The molecule has 2 aliphatic heterocycles. The Morgan fingerprint density at radius 1 is 0.338 bits per heavy atom. The molecule has 32 nitrogen and oxygen atoms in total. The fourth-order valence-electron chi connectivity index (χ4n) is 7.02. The Morgan fingerprint density at radius 3 is 0.938 bits per heavy atom. The van der Waals surface area contributed by atoms with E-state index in [0.29, 0.717) is 24.3 Å². The van der Waals surface area contributed by atoms with E-state index in [4.69, 9.17) is 0 Å². The van der Waals surface area contributed by atoms with Crippen LogP contribution in [0.25, 0.3) is 89.7 Å². The van der Waals surface area contributed by atoms with E-state index in [2.05, 4.69) is 39.9 Å². The van der Waals surface area contributed by atoms with Gasteiger partial charge in [0.05, 0.1) is 109 Å². The van der Waals surface area contributed by atoms with Crippen molar-refractivity contribution in [2.24, 2.45) is 0 Å². The molecule has 0 fully saturated rings. The minimum absolute atomic E-state index is 0. The Morgan fingerprint density at radius 2 is 0.631 bits per heavy atom. The van der Waals surface area contributed by atoms with Gasteiger partial charge in [-0.15, -0.1) is 0 Å². The number of hydrogen-bond acceptors (Lipinski definition) is 22. The van der Waals surface area contributed by atoms with E-state index in [9.17, 15) is 80.9 Å². The number of fused-ring (bicyclic) bond motifs is 20. The normalized spacial score (nSPS) is 11.3. The summed E-state index contributed by atoms with van der Waals surface area (Å²) in [6, 6.07) is 5.08. The molecule has 8 bridgehead atoms. The second-order valence-electron chi connectivity index (χ2n) is 13.1. The Labute approximate surface area is 360 Å². The molecule has 0 saturated carbocycles. The number of benzene rings is 4. The van der Waals surface area contributed by atoms with Crippen LogP contribution in [0.2, 0.25) is 0 Å². The second-order valence-corrected chi connectivity index (χ2v) is 13.1. The number of non-ortho nitro benzene ring substituents is 6. The number of nitro benzene ring substituents is 8. The molecule has 5 heterocycles. The molecule has 0 saturated heterocycles. The third-order valence-electron chi connectivity index (χ3n) is 9.59. The molecule has 65 heavy (non-hydrogen) atoms. The smallest absolute Gasteiger partial charge is 0.357 e. The monoisotopic (exact) mass is 928 g/mol. The molecule has 0 atom stereocenters. The predicted octanol–water partition coefficient (Wildman–Crippen LogP) is 5.39. The third-order valence-corrected chi connectivity index (χ3v) is 9.59. The maximum atomic E-state index is 12.5. The van der Waals surface area contributed by atoms with Gasteiger partial charge >= 0.3 is 17.1 Å². The molecule has 0 radical (unpaired) electrons. The van der Waals surface area contributed by atoms with Gasteiger partial charge in [-0.2, -0.15) is 0 Å². The van der Waals surface area contributed by atoms with E-state index in [1.54, 1.807) is 0 Å². The minimum Gasteiger partial charge on any atom is -0.357 e. The van der Waals surface area contributed by atoms with Crippen molar-refractivity contribution < 1.29 is 56.5 Å². The summed E-state index contributed by atoms with van der Waals surface area (Å²) < 4.78 is 0. The zero-order chi connectivity index (χ0) is 45.8. The van der Waals surface area contributed by atoms with E-state index < -0.39 is 175 Å². The van der Waals surface area contributed by atoms with Crippen LogP contribution in [-0.4, -0.2) is 69.3 Å². The molecule has 0 amide bonds. The maximum Gasteiger partial charge on any atom is 2.00 e. The van der Waals surface area contributed by atoms with E-state index in [0.717, 1.165) is 24.3 Å². The van der Waals surface area contributed by atoms with Gasteiger partial charge in [-0.3, -0.25) is 80.9 Å². The van der Waals surface area contributed by atoms with Gasteiger partial charge in [0, 0.05) is 68.8 Å². The Balaban J connectivity index is 0.00000576. The molecule has 9 rings (SSSR count). The first-order chi connectivity index (χ1) is 30.3. The number of aromatic nitrogens is 8. The van der Waals surface area contributed by atoms with E-state index in [-0.39, 0.29) is 17.1 Å². The van der Waals surface area contributed by atoms with Crippen molar-refractivity contribution in [2.75, 3.05) is 0 Å². The van der Waals surface area contributed by atoms with Crippen molar-refractivity contribution >= 4 is 89.6 Å². The molecule has 0 spiro atoms. The van der Waals surface area contributed by atoms with Crippen LogP contribution < -0.4 is 9.97 Å². The summed E-state index contributed by atoms with van der Waals surface area (Å²) in [4.78, 5) is 123. The third kappa shape index (κ3) is 6.48. The summed E-state index contributed by atoms with van der Waals surface area (Å²) in [5.41, 5.74) is -13.1. The zero-order valence-electron chi connectivity index (χ0n) is 30.7. The molecule has 0 N–H and O–H groups in total. The summed E-state index contributed by atoms with van der Waals surface area (Å²) in [5, 5.41) is 95.7. The first-order valence-electron chi connectivity index (χ1n) is 16.9. The SMILES string of the molecule is O=[N+]([O-])c1cc2c(c([N+](=O)[O-])c1)-c1nc-2nc2[n-]c(nc3nc(nc4[n-]c(n1)c1cc([N+](=O)[O-])cc([N+](=O)[O-])c41)-c1cc([N+](=O)[O-])cc([N+](=O)[O-])c1-3)c1cc([N+](=O)[O-])cc([N+](=O)[O-])c21.[Fe+2]. The van der Waals surface area contributed by atoms with Crippen LogP contribution in [0, 0.1) is 80.9 Å². The van der Waals surface area contributed by atoms with Crippen molar-refractivity contribution in [3.8, 4) is 45.6 Å². The maximum absolute atomic E-state index is 12.5. The van der Waals surface area contributed by atoms with Gasteiger partial charge in [0.25, 0.3) is 45.5 Å². The van der Waals surface area contributed by atoms with Crippen LogP contribution in [0.4, 0.5) is 45.5 Å². The molecule has 0 aliphatic carbocycles. The van der Waals surface area contributed by atoms with E-state index >= 15 is 0 Å². The molecular weight excluding hydrogens is 920 g/mol. The van der Waals surface area contributed by atoms with Crippen LogP contribution in [-0.2, 0) is 17.1 Å². The van der Waals surface area contributed by atoms with Crippen molar-refractivity contribution in [3.05, 3.63) is 129 Å². The van der Waals surface area contributed by atoms with Gasteiger partial charge in [-0.25, -0.2) is 9.97 Å². The number of rotatable bonds is 8. The van der Waals surface area contributed by atoms with Crippen LogP contribution in [0.5, 0.6) is 0 Å². The van der Waals surface area contributed by atoms with E-state index in [1.807, 2.05) is 0 Å². The van der Waals surface area contributed by atoms with Gasteiger partial charge in [0.15, 0.2) is 0 Å². The number of nitrogens with zero attached hydrogens (tertiary/aromatic N) is 16. The standard InChI is InChI=1S/C32H8N16O16.Fe/c49-41(50)9-1-13-21(17(5-9)45(57)58)29-33-25(13)37-30-22-14(2-10(42(51)52)6-18(22)46(59)60)27(34-30)39-32-24-16(4-12(44(55)56)8-20(24)48(63)64)28(36-32)40-31-23-15(26(35-31)38-29)3-11(43(53)54)7-19(23)47(61)62;/h1-8H;/q-2;+2. The fraction of sp³-hybridized carbons (Fsp3) is 0. The number of nitro groups is 8. The zero-order valence-corrected chi connectivity index (χ0v) is 31.8. The quantitative estimate of drug-likeness (QED) is 0.105. The van der Waals surface area contributed by atoms with Crippen LogP contribution in [0.3, 0.4) is 0 Å². The van der Waals surface area contributed by atoms with E-state index in [1.165, 1.54) is 0 Å². The van der Waals surface area contributed by atoms with Gasteiger partial charge in [-0.1, -0.05) is 0 Å². The summed E-state index contributed by atoms with van der Waals surface area (Å²) in [5.74, 6) is -2.99. The molecule has 4 aromatic carbocycles. The van der Waals surface area contributed by atoms with Crippen LogP contribution >= 0.6 is 0 Å². The van der Waals surface area contributed by atoms with Gasteiger partial charge in [-0.05, 0) is 0 Å². The average Bonchev–Trinajstić information content (AvgIpc) is 3.97. The molecule has 0 unspecified atom stereocenters. The molecule has 7 aromatic rings. The number of hydrogen-bond donors (Lipinski definition) is 0. The van der Waals surface area contributed by atoms with Gasteiger partial charge in [0.1, 0.15) is 0 Å². The average molecular weight is 928 g/mol. The second kappa shape index (κ2) is 14.6. The molecule has 320 valence electrons. The molecule has 2 aliphatic rings. The van der Waals surface area contributed by atoms with Gasteiger partial charge < -0.3 is 29.9 Å². The summed E-state index contributed by atoms with van der Waals surface area (Å²) in [7, 11) is 0. The minimum atomic E-state index is -1.08. The first kappa shape index (κ1) is 41.7. The Hall–Kier alpha value is -10.0. The fourth-order valence-corrected chi connectivity index (χ4v) is 7.02. The summed E-state index contributed by atoms with van der Waals surface area (Å²) in [6.45, 7) is 0. The molecule has 3 aromatic heterocycles. The van der Waals surface area contributed by atoms with Crippen molar-refractivity contribution in [1.82, 2.24) is 39.9 Å². The van der Waals surface area contributed by atoms with Crippen molar-refractivity contribution in [3.63, 3.8) is 0 Å². The summed E-state index contributed by atoms with van der Waals surface area (Å²) in [6.07, 6.45) is 0. The van der Waals surface area contributed by atoms with Crippen molar-refractivity contribution in [2.45, 2.75) is 0 Å². The predicted molar refractivity (Wildman–Crippen MR) is 207 cm³/mol. The Kier molecular flexibility index (Phi) is 9.34. The van der Waals surface area contributed by atoms with Gasteiger partial charge in [0.2, 0.25) is 0 Å². The largest absolute Gasteiger partial charge is 2.00 e. The summed E-state index contributed by atoms with van der Waals surface area (Å²) >= 11 is 0. The molecular formula is C32H8FeN16O16. The topological polar surface area (TPSA) is 451 Å². The molecule has 33 heteroatoms. The Bertz CT molecular complexity index is 3450. The first-order valence-corrected chi connectivity index (χ1v) is 16.9.